The third kappa shape index (κ3) is 2.93. The monoisotopic (exact) mass is 297 g/mol. The van der Waals surface area contributed by atoms with Crippen LogP contribution in [0.15, 0.2) is 0 Å². The van der Waals surface area contributed by atoms with E-state index < -0.39 is 0 Å². The minimum Gasteiger partial charge on any atom is -0.492 e. The summed E-state index contributed by atoms with van der Waals surface area (Å²) < 4.78 is 5.70. The summed E-state index contributed by atoms with van der Waals surface area (Å²) in [6.45, 7) is 6.50. The van der Waals surface area contributed by atoms with Gasteiger partial charge in [-0.15, -0.1) is 11.3 Å². The average Bonchev–Trinajstić information content (AvgIpc) is 2.57. The molecule has 0 unspecified atom stereocenters. The zero-order chi connectivity index (χ0) is 14.0. The predicted octanol–water partition coefficient (Wildman–Crippen LogP) is 2.93. The van der Waals surface area contributed by atoms with Gasteiger partial charge in [0.25, 0.3) is 0 Å². The molecule has 0 saturated carbocycles. The summed E-state index contributed by atoms with van der Waals surface area (Å²) in [5.41, 5.74) is 6.43. The summed E-state index contributed by atoms with van der Waals surface area (Å²) in [7, 11) is 1.61. The van der Waals surface area contributed by atoms with Crippen molar-refractivity contribution in [1.82, 2.24) is 0 Å². The van der Waals surface area contributed by atoms with Crippen LogP contribution in [0.5, 0.6) is 5.75 Å². The molecular formula is C13H19N3OS2. The van der Waals surface area contributed by atoms with E-state index >= 15 is 0 Å². The highest BCUT2D eigenvalue weighted by molar-refractivity contribution is 8.00. The summed E-state index contributed by atoms with van der Waals surface area (Å²) in [5.74, 6) is 1.74. The lowest BCUT2D eigenvalue weighted by atomic mass is 10.1. The Balaban J connectivity index is 2.29. The van der Waals surface area contributed by atoms with Crippen LogP contribution in [0.1, 0.15) is 25.1 Å². The van der Waals surface area contributed by atoms with Crippen molar-refractivity contribution < 1.29 is 4.74 Å². The van der Waals surface area contributed by atoms with Gasteiger partial charge in [0.15, 0.2) is 5.75 Å². The van der Waals surface area contributed by atoms with Crippen molar-refractivity contribution in [1.29, 1.82) is 5.26 Å². The van der Waals surface area contributed by atoms with E-state index in [1.807, 2.05) is 11.8 Å². The summed E-state index contributed by atoms with van der Waals surface area (Å²) >= 11 is 3.43. The maximum atomic E-state index is 9.09. The SMILES string of the molecule is COc1c(N2CCSC(C)(C)CC2)sc(C#N)c1N. The van der Waals surface area contributed by atoms with Crippen molar-refractivity contribution in [2.75, 3.05) is 36.6 Å². The molecule has 0 atom stereocenters. The Labute approximate surface area is 122 Å². The number of thioether (sulfide) groups is 1. The lowest BCUT2D eigenvalue weighted by molar-refractivity contribution is 0.418. The van der Waals surface area contributed by atoms with E-state index in [0.29, 0.717) is 21.1 Å². The predicted molar refractivity (Wildman–Crippen MR) is 83.4 cm³/mol. The number of anilines is 2. The number of thiophene rings is 1. The lowest BCUT2D eigenvalue weighted by Gasteiger charge is -2.23. The molecule has 0 bridgehead atoms. The van der Waals surface area contributed by atoms with Gasteiger partial charge in [0.1, 0.15) is 21.6 Å². The molecule has 104 valence electrons. The van der Waals surface area contributed by atoms with Gasteiger partial charge < -0.3 is 15.4 Å². The smallest absolute Gasteiger partial charge is 0.177 e. The fourth-order valence-electron chi connectivity index (χ4n) is 2.13. The minimum absolute atomic E-state index is 0.308. The Hall–Kier alpha value is -1.06. The molecule has 1 aromatic rings. The third-order valence-electron chi connectivity index (χ3n) is 3.31. The molecule has 4 nitrogen and oxygen atoms in total. The first-order chi connectivity index (χ1) is 8.98. The molecule has 1 saturated heterocycles. The number of hydrogen-bond acceptors (Lipinski definition) is 6. The quantitative estimate of drug-likeness (QED) is 0.909. The molecule has 2 heterocycles. The molecule has 1 aliphatic rings. The Kier molecular flexibility index (Phi) is 4.16. The summed E-state index contributed by atoms with van der Waals surface area (Å²) in [6, 6.07) is 2.14. The first kappa shape index (κ1) is 14.4. The highest BCUT2D eigenvalue weighted by Gasteiger charge is 2.27. The number of methoxy groups -OCH3 is 1. The van der Waals surface area contributed by atoms with E-state index in [-0.39, 0.29) is 0 Å². The lowest BCUT2D eigenvalue weighted by Crippen LogP contribution is -2.26. The van der Waals surface area contributed by atoms with Crippen LogP contribution in [-0.4, -0.2) is 30.7 Å². The van der Waals surface area contributed by atoms with Crippen LogP contribution in [0.3, 0.4) is 0 Å². The molecule has 0 radical (unpaired) electrons. The fraction of sp³-hybridized carbons (Fsp3) is 0.615. The van der Waals surface area contributed by atoms with Gasteiger partial charge in [0.05, 0.1) is 7.11 Å². The molecule has 0 aromatic carbocycles. The van der Waals surface area contributed by atoms with Crippen LogP contribution in [0.4, 0.5) is 10.7 Å². The van der Waals surface area contributed by atoms with E-state index in [4.69, 9.17) is 15.7 Å². The van der Waals surface area contributed by atoms with Gasteiger partial charge in [-0.2, -0.15) is 17.0 Å². The molecule has 0 amide bonds. The number of nitrogens with zero attached hydrogens (tertiary/aromatic N) is 2. The van der Waals surface area contributed by atoms with Crippen molar-refractivity contribution in [2.24, 2.45) is 0 Å². The number of hydrogen-bond donors (Lipinski definition) is 1. The molecular weight excluding hydrogens is 278 g/mol. The Bertz CT molecular complexity index is 505. The number of ether oxygens (including phenoxy) is 1. The molecule has 0 aliphatic carbocycles. The highest BCUT2D eigenvalue weighted by Crippen LogP contribution is 2.45. The Morgan fingerprint density at radius 1 is 1.42 bits per heavy atom. The van der Waals surface area contributed by atoms with Gasteiger partial charge in [-0.05, 0) is 6.42 Å². The van der Waals surface area contributed by atoms with E-state index in [2.05, 4.69) is 24.8 Å². The van der Waals surface area contributed by atoms with Crippen LogP contribution < -0.4 is 15.4 Å². The van der Waals surface area contributed by atoms with Gasteiger partial charge in [-0.3, -0.25) is 0 Å². The molecule has 0 spiro atoms. The van der Waals surface area contributed by atoms with Gasteiger partial charge in [-0.25, -0.2) is 0 Å². The average molecular weight is 297 g/mol. The molecule has 6 heteroatoms. The van der Waals surface area contributed by atoms with E-state index in [9.17, 15) is 0 Å². The van der Waals surface area contributed by atoms with Crippen LogP contribution in [0.2, 0.25) is 0 Å². The van der Waals surface area contributed by atoms with Crippen molar-refractivity contribution in [3.05, 3.63) is 4.88 Å². The minimum atomic E-state index is 0.308. The molecule has 1 fully saturated rings. The van der Waals surface area contributed by atoms with Crippen molar-refractivity contribution in [3.8, 4) is 11.8 Å². The molecule has 19 heavy (non-hydrogen) atoms. The topological polar surface area (TPSA) is 62.3 Å². The standard InChI is InChI=1S/C13H19N3OS2/c1-13(2)4-5-16(6-7-18-13)12-11(17-3)10(15)9(8-14)19-12/h4-7,15H2,1-3H3. The Morgan fingerprint density at radius 3 is 2.79 bits per heavy atom. The first-order valence-corrected chi connectivity index (χ1v) is 8.04. The van der Waals surface area contributed by atoms with Crippen LogP contribution >= 0.6 is 23.1 Å². The number of nitriles is 1. The van der Waals surface area contributed by atoms with E-state index in [0.717, 1.165) is 30.3 Å². The molecule has 1 aliphatic heterocycles. The number of nitrogen functional groups attached to an aromatic ring is 1. The fourth-order valence-corrected chi connectivity index (χ4v) is 4.27. The normalized spacial score (nSPS) is 18.7. The zero-order valence-corrected chi connectivity index (χ0v) is 13.2. The van der Waals surface area contributed by atoms with E-state index in [1.165, 1.54) is 11.3 Å². The van der Waals surface area contributed by atoms with Gasteiger partial charge in [0, 0.05) is 23.6 Å². The zero-order valence-electron chi connectivity index (χ0n) is 11.5. The number of rotatable bonds is 2. The molecule has 2 N–H and O–H groups in total. The largest absolute Gasteiger partial charge is 0.492 e. The van der Waals surface area contributed by atoms with Gasteiger partial charge in [0.2, 0.25) is 0 Å². The Morgan fingerprint density at radius 2 is 2.16 bits per heavy atom. The summed E-state index contributed by atoms with van der Waals surface area (Å²) in [4.78, 5) is 2.84. The van der Waals surface area contributed by atoms with Crippen LogP contribution in [-0.2, 0) is 0 Å². The maximum Gasteiger partial charge on any atom is 0.177 e. The summed E-state index contributed by atoms with van der Waals surface area (Å²) in [5, 5.41) is 10.1. The van der Waals surface area contributed by atoms with Crippen molar-refractivity contribution in [3.63, 3.8) is 0 Å². The highest BCUT2D eigenvalue weighted by atomic mass is 32.2. The summed E-state index contributed by atoms with van der Waals surface area (Å²) in [6.07, 6.45) is 1.11. The molecule has 1 aromatic heterocycles. The van der Waals surface area contributed by atoms with Gasteiger partial charge >= 0.3 is 0 Å². The van der Waals surface area contributed by atoms with Crippen LogP contribution in [0.25, 0.3) is 0 Å². The number of nitrogens with two attached hydrogens (primary N) is 1. The first-order valence-electron chi connectivity index (χ1n) is 6.24. The second kappa shape index (κ2) is 5.51. The van der Waals surface area contributed by atoms with Crippen molar-refractivity contribution in [2.45, 2.75) is 25.0 Å². The van der Waals surface area contributed by atoms with E-state index in [1.54, 1.807) is 7.11 Å². The second-order valence-corrected chi connectivity index (χ2v) is 7.94. The van der Waals surface area contributed by atoms with Crippen molar-refractivity contribution >= 4 is 33.8 Å². The third-order valence-corrected chi connectivity index (χ3v) is 5.84. The molecule has 2 rings (SSSR count). The second-order valence-electron chi connectivity index (χ2n) is 5.14. The maximum absolute atomic E-state index is 9.09. The van der Waals surface area contributed by atoms with Crippen LogP contribution in [0, 0.1) is 11.3 Å². The van der Waals surface area contributed by atoms with Gasteiger partial charge in [-0.1, -0.05) is 13.8 Å².